The molecule has 0 amide bonds. The molecule has 2 rings (SSSR count). The number of aryl methyl sites for hydroxylation is 1. The zero-order chi connectivity index (χ0) is 10.5. The molecule has 6 nitrogen and oxygen atoms in total. The van der Waals surface area contributed by atoms with Gasteiger partial charge in [-0.2, -0.15) is 10.1 Å². The number of aromatic amines is 1. The molecule has 0 aromatic carbocycles. The maximum absolute atomic E-state index is 4.63. The van der Waals surface area contributed by atoms with E-state index in [0.29, 0.717) is 0 Å². The smallest absolute Gasteiger partial charge is 0.213 e. The van der Waals surface area contributed by atoms with Crippen LogP contribution < -0.4 is 5.32 Å². The van der Waals surface area contributed by atoms with Crippen molar-refractivity contribution >= 4 is 0 Å². The van der Waals surface area contributed by atoms with Crippen molar-refractivity contribution in [1.82, 2.24) is 25.7 Å². The van der Waals surface area contributed by atoms with E-state index in [1.165, 1.54) is 12.0 Å². The van der Waals surface area contributed by atoms with Crippen molar-refractivity contribution in [3.05, 3.63) is 29.7 Å². The van der Waals surface area contributed by atoms with E-state index >= 15 is 0 Å². The van der Waals surface area contributed by atoms with Crippen molar-refractivity contribution in [3.63, 3.8) is 0 Å². The molecule has 0 spiro atoms. The Kier molecular flexibility index (Phi) is 3.08. The Labute approximate surface area is 87.1 Å². The van der Waals surface area contributed by atoms with Crippen LogP contribution in [-0.2, 0) is 13.0 Å². The fraction of sp³-hybridized carbons (Fsp3) is 0.444. The van der Waals surface area contributed by atoms with Crippen LogP contribution in [0.2, 0.25) is 0 Å². The van der Waals surface area contributed by atoms with Gasteiger partial charge in [-0.3, -0.25) is 5.10 Å². The number of nitrogens with zero attached hydrogens (tertiary/aromatic N) is 3. The molecule has 6 heteroatoms. The highest BCUT2D eigenvalue weighted by molar-refractivity contribution is 5.13. The van der Waals surface area contributed by atoms with E-state index in [0.717, 1.165) is 31.0 Å². The molecule has 0 aliphatic heterocycles. The van der Waals surface area contributed by atoms with Gasteiger partial charge in [-0.15, -0.1) is 0 Å². The van der Waals surface area contributed by atoms with Gasteiger partial charge in [-0.1, -0.05) is 5.16 Å². The fourth-order valence-electron chi connectivity index (χ4n) is 1.28. The average molecular weight is 207 g/mol. The van der Waals surface area contributed by atoms with Gasteiger partial charge in [-0.05, 0) is 6.92 Å². The third kappa shape index (κ3) is 2.63. The summed E-state index contributed by atoms with van der Waals surface area (Å²) in [7, 11) is 0. The van der Waals surface area contributed by atoms with Gasteiger partial charge in [0.15, 0.2) is 5.82 Å². The van der Waals surface area contributed by atoms with Gasteiger partial charge in [0.2, 0.25) is 6.39 Å². The Morgan fingerprint density at radius 2 is 2.47 bits per heavy atom. The van der Waals surface area contributed by atoms with E-state index in [1.54, 1.807) is 0 Å². The van der Waals surface area contributed by atoms with Crippen LogP contribution >= 0.6 is 0 Å². The van der Waals surface area contributed by atoms with Gasteiger partial charge < -0.3 is 9.84 Å². The molecule has 0 fully saturated rings. The Morgan fingerprint density at radius 1 is 1.53 bits per heavy atom. The first-order valence-electron chi connectivity index (χ1n) is 4.81. The summed E-state index contributed by atoms with van der Waals surface area (Å²) in [5, 5.41) is 13.8. The second kappa shape index (κ2) is 4.70. The van der Waals surface area contributed by atoms with E-state index in [4.69, 9.17) is 0 Å². The van der Waals surface area contributed by atoms with Crippen LogP contribution in [-0.4, -0.2) is 26.9 Å². The molecule has 15 heavy (non-hydrogen) atoms. The van der Waals surface area contributed by atoms with Crippen molar-refractivity contribution in [2.45, 2.75) is 19.9 Å². The molecular formula is C9H13N5O. The standard InChI is InChI=1S/C9H13N5O/c1-7-8(5-12-13-7)4-10-3-2-9-11-6-15-14-9/h5-6,10H,2-4H2,1H3,(H,12,13). The first kappa shape index (κ1) is 9.85. The molecule has 2 heterocycles. The number of H-pyrrole nitrogens is 1. The molecule has 80 valence electrons. The lowest BCUT2D eigenvalue weighted by atomic mass is 10.2. The molecular weight excluding hydrogens is 194 g/mol. The summed E-state index contributed by atoms with van der Waals surface area (Å²) in [4.78, 5) is 3.93. The van der Waals surface area contributed by atoms with Gasteiger partial charge in [0.25, 0.3) is 0 Å². The molecule has 0 aliphatic carbocycles. The quantitative estimate of drug-likeness (QED) is 0.695. The molecule has 0 aliphatic rings. The zero-order valence-corrected chi connectivity index (χ0v) is 8.53. The van der Waals surface area contributed by atoms with Gasteiger partial charge in [0.05, 0.1) is 6.20 Å². The molecule has 0 saturated carbocycles. The molecule has 0 bridgehead atoms. The van der Waals surface area contributed by atoms with Crippen LogP contribution in [0, 0.1) is 6.92 Å². The summed E-state index contributed by atoms with van der Waals surface area (Å²) >= 11 is 0. The highest BCUT2D eigenvalue weighted by Gasteiger charge is 2.00. The van der Waals surface area contributed by atoms with Crippen molar-refractivity contribution in [3.8, 4) is 0 Å². The molecule has 0 atom stereocenters. The van der Waals surface area contributed by atoms with Crippen molar-refractivity contribution in [2.75, 3.05) is 6.54 Å². The number of hydrogen-bond acceptors (Lipinski definition) is 5. The first-order chi connectivity index (χ1) is 7.36. The Bertz CT molecular complexity index is 394. The van der Waals surface area contributed by atoms with Crippen LogP contribution in [0.3, 0.4) is 0 Å². The summed E-state index contributed by atoms with van der Waals surface area (Å²) in [5.41, 5.74) is 2.28. The molecule has 0 radical (unpaired) electrons. The summed E-state index contributed by atoms with van der Waals surface area (Å²) < 4.78 is 4.63. The summed E-state index contributed by atoms with van der Waals surface area (Å²) in [6, 6.07) is 0. The van der Waals surface area contributed by atoms with Crippen LogP contribution in [0.1, 0.15) is 17.1 Å². The number of rotatable bonds is 5. The lowest BCUT2D eigenvalue weighted by molar-refractivity contribution is 0.409. The summed E-state index contributed by atoms with van der Waals surface area (Å²) in [5.74, 6) is 0.728. The SMILES string of the molecule is Cc1[nH]ncc1CNCCc1ncon1. The molecule has 0 unspecified atom stereocenters. The molecule has 0 saturated heterocycles. The Balaban J connectivity index is 1.70. The second-order valence-corrected chi connectivity index (χ2v) is 3.29. The number of aromatic nitrogens is 4. The largest absolute Gasteiger partial charge is 0.343 e. The third-order valence-electron chi connectivity index (χ3n) is 2.18. The number of nitrogens with one attached hydrogen (secondary N) is 2. The maximum Gasteiger partial charge on any atom is 0.213 e. The van der Waals surface area contributed by atoms with E-state index in [2.05, 4.69) is 30.2 Å². The number of hydrogen-bond donors (Lipinski definition) is 2. The van der Waals surface area contributed by atoms with Crippen LogP contribution in [0.15, 0.2) is 17.1 Å². The Hall–Kier alpha value is -1.69. The first-order valence-corrected chi connectivity index (χ1v) is 4.81. The topological polar surface area (TPSA) is 79.6 Å². The van der Waals surface area contributed by atoms with Gasteiger partial charge >= 0.3 is 0 Å². The summed E-state index contributed by atoms with van der Waals surface area (Å²) in [6.07, 6.45) is 3.94. The summed E-state index contributed by atoms with van der Waals surface area (Å²) in [6.45, 7) is 3.63. The minimum absolute atomic E-state index is 0.728. The van der Waals surface area contributed by atoms with E-state index < -0.39 is 0 Å². The molecule has 2 aromatic rings. The predicted molar refractivity (Wildman–Crippen MR) is 53.0 cm³/mol. The highest BCUT2D eigenvalue weighted by atomic mass is 16.5. The molecule has 2 N–H and O–H groups in total. The van der Waals surface area contributed by atoms with Crippen LogP contribution in [0.5, 0.6) is 0 Å². The fourth-order valence-corrected chi connectivity index (χ4v) is 1.28. The van der Waals surface area contributed by atoms with Crippen molar-refractivity contribution in [1.29, 1.82) is 0 Å². The van der Waals surface area contributed by atoms with Crippen LogP contribution in [0.25, 0.3) is 0 Å². The minimum Gasteiger partial charge on any atom is -0.343 e. The zero-order valence-electron chi connectivity index (χ0n) is 8.53. The van der Waals surface area contributed by atoms with Gasteiger partial charge in [0.1, 0.15) is 0 Å². The lowest BCUT2D eigenvalue weighted by Gasteiger charge is -2.01. The monoisotopic (exact) mass is 207 g/mol. The van der Waals surface area contributed by atoms with Crippen molar-refractivity contribution in [2.24, 2.45) is 0 Å². The van der Waals surface area contributed by atoms with E-state index in [-0.39, 0.29) is 0 Å². The maximum atomic E-state index is 4.63. The predicted octanol–water partition coefficient (Wildman–Crippen LogP) is 0.433. The molecule has 2 aromatic heterocycles. The van der Waals surface area contributed by atoms with Gasteiger partial charge in [-0.25, -0.2) is 0 Å². The highest BCUT2D eigenvalue weighted by Crippen LogP contribution is 2.01. The minimum atomic E-state index is 0.728. The third-order valence-corrected chi connectivity index (χ3v) is 2.18. The van der Waals surface area contributed by atoms with E-state index in [1.807, 2.05) is 13.1 Å². The van der Waals surface area contributed by atoms with Gasteiger partial charge in [0, 0.05) is 30.8 Å². The van der Waals surface area contributed by atoms with Crippen molar-refractivity contribution < 1.29 is 4.52 Å². The average Bonchev–Trinajstić information content (AvgIpc) is 2.85. The normalized spacial score (nSPS) is 10.7. The van der Waals surface area contributed by atoms with Crippen LogP contribution in [0.4, 0.5) is 0 Å². The second-order valence-electron chi connectivity index (χ2n) is 3.29. The van der Waals surface area contributed by atoms with E-state index in [9.17, 15) is 0 Å². The Morgan fingerprint density at radius 3 is 3.13 bits per heavy atom. The lowest BCUT2D eigenvalue weighted by Crippen LogP contribution is -2.17.